The number of H-pyrrole nitrogens is 1. The van der Waals surface area contributed by atoms with Crippen molar-refractivity contribution in [3.8, 4) is 0 Å². The third-order valence-corrected chi connectivity index (χ3v) is 3.94. The lowest BCUT2D eigenvalue weighted by Crippen LogP contribution is -2.05. The second-order valence-corrected chi connectivity index (χ2v) is 5.34. The van der Waals surface area contributed by atoms with Crippen molar-refractivity contribution >= 4 is 29.8 Å². The average molecular weight is 280 g/mol. The molecule has 0 fully saturated rings. The van der Waals surface area contributed by atoms with E-state index in [-0.39, 0.29) is 0 Å². The number of nitrogens with one attached hydrogen (secondary N) is 1. The summed E-state index contributed by atoms with van der Waals surface area (Å²) >= 11 is 6.87. The molecule has 0 aliphatic rings. The molecule has 0 aliphatic carbocycles. The van der Waals surface area contributed by atoms with Gasteiger partial charge in [0, 0.05) is 10.8 Å². The van der Waals surface area contributed by atoms with Crippen molar-refractivity contribution in [2.45, 2.75) is 32.6 Å². The summed E-state index contributed by atoms with van der Waals surface area (Å²) < 4.78 is 2.27. The molecule has 2 rings (SSSR count). The lowest BCUT2D eigenvalue weighted by Gasteiger charge is -2.09. The highest BCUT2D eigenvalue weighted by Crippen LogP contribution is 2.21. The molecule has 0 aliphatic heterocycles. The molecule has 0 bridgehead atoms. The first-order chi connectivity index (χ1) is 8.76. The van der Waals surface area contributed by atoms with Gasteiger partial charge in [0.05, 0.1) is 6.21 Å². The van der Waals surface area contributed by atoms with Crippen LogP contribution in [0.5, 0.6) is 0 Å². The smallest absolute Gasteiger partial charge is 0.216 e. The molecule has 18 heavy (non-hydrogen) atoms. The number of nitrogens with zero attached hydrogens (tertiary/aromatic N) is 3. The van der Waals surface area contributed by atoms with E-state index in [1.54, 1.807) is 16.0 Å². The van der Waals surface area contributed by atoms with Gasteiger partial charge in [-0.05, 0) is 36.5 Å². The van der Waals surface area contributed by atoms with Crippen molar-refractivity contribution in [2.24, 2.45) is 5.10 Å². The van der Waals surface area contributed by atoms with Gasteiger partial charge in [0.25, 0.3) is 0 Å². The van der Waals surface area contributed by atoms with E-state index in [0.717, 1.165) is 23.5 Å². The number of hydrogen-bond acceptors (Lipinski definition) is 4. The highest BCUT2D eigenvalue weighted by molar-refractivity contribution is 7.71. The molecular weight excluding hydrogens is 264 g/mol. The summed E-state index contributed by atoms with van der Waals surface area (Å²) in [6, 6.07) is 4.02. The number of aromatic amines is 1. The van der Waals surface area contributed by atoms with Crippen LogP contribution in [0.3, 0.4) is 0 Å². The van der Waals surface area contributed by atoms with Gasteiger partial charge in [0.2, 0.25) is 4.77 Å². The van der Waals surface area contributed by atoms with Crippen molar-refractivity contribution in [1.29, 1.82) is 0 Å². The maximum atomic E-state index is 5.22. The molecule has 2 heterocycles. The zero-order chi connectivity index (χ0) is 13.0. The molecule has 0 radical (unpaired) electrons. The largest absolute Gasteiger partial charge is 0.250 e. The fourth-order valence-electron chi connectivity index (χ4n) is 1.81. The van der Waals surface area contributed by atoms with Crippen LogP contribution in [0.2, 0.25) is 0 Å². The molecule has 0 aromatic carbocycles. The Morgan fingerprint density at radius 3 is 2.94 bits per heavy atom. The molecular formula is C12H16N4S2. The zero-order valence-corrected chi connectivity index (χ0v) is 12.1. The Labute approximate surface area is 115 Å². The van der Waals surface area contributed by atoms with Crippen LogP contribution in [0.4, 0.5) is 0 Å². The molecule has 0 amide bonds. The first-order valence-corrected chi connectivity index (χ1v) is 7.30. The van der Waals surface area contributed by atoms with Gasteiger partial charge in [-0.3, -0.25) is 5.10 Å². The van der Waals surface area contributed by atoms with Gasteiger partial charge in [-0.15, -0.1) is 11.3 Å². The Kier molecular flexibility index (Phi) is 4.43. The lowest BCUT2D eigenvalue weighted by molar-refractivity contribution is 0.571. The molecule has 6 heteroatoms. The fraction of sp³-hybridized carbons (Fsp3) is 0.417. The Bertz CT molecular complexity index is 561. The van der Waals surface area contributed by atoms with E-state index in [0.29, 0.717) is 10.7 Å². The van der Waals surface area contributed by atoms with Crippen molar-refractivity contribution in [3.63, 3.8) is 0 Å². The Morgan fingerprint density at radius 1 is 1.56 bits per heavy atom. The first kappa shape index (κ1) is 13.2. The zero-order valence-electron chi connectivity index (χ0n) is 10.5. The predicted octanol–water partition coefficient (Wildman–Crippen LogP) is 3.79. The quantitative estimate of drug-likeness (QED) is 0.669. The number of aromatic nitrogens is 3. The van der Waals surface area contributed by atoms with Gasteiger partial charge in [0.1, 0.15) is 0 Å². The van der Waals surface area contributed by atoms with E-state index in [4.69, 9.17) is 12.2 Å². The highest BCUT2D eigenvalue weighted by Gasteiger charge is 2.14. The monoisotopic (exact) mass is 280 g/mol. The summed E-state index contributed by atoms with van der Waals surface area (Å²) in [5, 5.41) is 13.6. The molecule has 0 saturated heterocycles. The van der Waals surface area contributed by atoms with E-state index in [1.807, 2.05) is 23.7 Å². The summed E-state index contributed by atoms with van der Waals surface area (Å²) in [5.41, 5.74) is 0. The minimum absolute atomic E-state index is 0.387. The van der Waals surface area contributed by atoms with Gasteiger partial charge in [-0.25, -0.2) is 0 Å². The number of thiophene rings is 1. The molecule has 1 N–H and O–H groups in total. The van der Waals surface area contributed by atoms with Crippen LogP contribution in [-0.2, 0) is 0 Å². The average Bonchev–Trinajstić information content (AvgIpc) is 2.99. The summed E-state index contributed by atoms with van der Waals surface area (Å²) in [4.78, 5) is 1.11. The summed E-state index contributed by atoms with van der Waals surface area (Å²) in [7, 11) is 0. The molecule has 0 saturated carbocycles. The topological polar surface area (TPSA) is 46.0 Å². The third-order valence-electron chi connectivity index (χ3n) is 2.87. The predicted molar refractivity (Wildman–Crippen MR) is 78.0 cm³/mol. The Balaban J connectivity index is 2.32. The molecule has 0 spiro atoms. The van der Waals surface area contributed by atoms with Gasteiger partial charge in [0.15, 0.2) is 5.82 Å². The SMILES string of the molecule is CCC(CC)c1n[nH]c(=S)n1/N=C\c1cccs1. The minimum atomic E-state index is 0.387. The fourth-order valence-corrected chi connectivity index (χ4v) is 2.58. The van der Waals surface area contributed by atoms with Gasteiger partial charge in [-0.1, -0.05) is 19.9 Å². The Morgan fingerprint density at radius 2 is 2.33 bits per heavy atom. The molecule has 0 atom stereocenters. The van der Waals surface area contributed by atoms with Gasteiger partial charge < -0.3 is 0 Å². The van der Waals surface area contributed by atoms with Crippen molar-refractivity contribution in [1.82, 2.24) is 14.9 Å². The van der Waals surface area contributed by atoms with E-state index in [2.05, 4.69) is 29.1 Å². The van der Waals surface area contributed by atoms with E-state index < -0.39 is 0 Å². The summed E-state index contributed by atoms with van der Waals surface area (Å²) in [6.07, 6.45) is 3.89. The van der Waals surface area contributed by atoms with Crippen LogP contribution in [0, 0.1) is 4.77 Å². The van der Waals surface area contributed by atoms with Crippen LogP contribution in [0.15, 0.2) is 22.6 Å². The molecule has 4 nitrogen and oxygen atoms in total. The molecule has 0 unspecified atom stereocenters. The maximum Gasteiger partial charge on any atom is 0.216 e. The second kappa shape index (κ2) is 6.06. The van der Waals surface area contributed by atoms with Crippen molar-refractivity contribution < 1.29 is 0 Å². The van der Waals surface area contributed by atoms with Gasteiger partial charge >= 0.3 is 0 Å². The van der Waals surface area contributed by atoms with Crippen LogP contribution in [-0.4, -0.2) is 21.1 Å². The van der Waals surface area contributed by atoms with Crippen molar-refractivity contribution in [2.75, 3.05) is 0 Å². The van der Waals surface area contributed by atoms with Crippen LogP contribution < -0.4 is 0 Å². The molecule has 2 aromatic heterocycles. The molecule has 96 valence electrons. The second-order valence-electron chi connectivity index (χ2n) is 3.97. The van der Waals surface area contributed by atoms with Crippen molar-refractivity contribution in [3.05, 3.63) is 33.0 Å². The summed E-state index contributed by atoms with van der Waals surface area (Å²) in [6.45, 7) is 4.30. The van der Waals surface area contributed by atoms with E-state index in [1.165, 1.54) is 0 Å². The van der Waals surface area contributed by atoms with E-state index >= 15 is 0 Å². The Hall–Kier alpha value is -1.27. The number of hydrogen-bond donors (Lipinski definition) is 1. The van der Waals surface area contributed by atoms with Crippen LogP contribution >= 0.6 is 23.6 Å². The maximum absolute atomic E-state index is 5.22. The lowest BCUT2D eigenvalue weighted by atomic mass is 10.0. The summed E-state index contributed by atoms with van der Waals surface area (Å²) in [5.74, 6) is 1.30. The van der Waals surface area contributed by atoms with Crippen LogP contribution in [0.1, 0.15) is 43.3 Å². The minimum Gasteiger partial charge on any atom is -0.250 e. The highest BCUT2D eigenvalue weighted by atomic mass is 32.1. The molecule has 2 aromatic rings. The first-order valence-electron chi connectivity index (χ1n) is 6.01. The normalized spacial score (nSPS) is 11.7. The standard InChI is InChI=1S/C12H16N4S2/c1-3-9(4-2)11-14-15-12(17)16(11)13-8-10-6-5-7-18-10/h5-9H,3-4H2,1-2H3,(H,15,17)/b13-8-. The van der Waals surface area contributed by atoms with Gasteiger partial charge in [-0.2, -0.15) is 14.9 Å². The third kappa shape index (κ3) is 2.76. The van der Waals surface area contributed by atoms with Crippen LogP contribution in [0.25, 0.3) is 0 Å². The van der Waals surface area contributed by atoms with E-state index in [9.17, 15) is 0 Å². The number of rotatable bonds is 5.